The Labute approximate surface area is 116 Å². The summed E-state index contributed by atoms with van der Waals surface area (Å²) in [5.41, 5.74) is 2.84. The lowest BCUT2D eigenvalue weighted by molar-refractivity contribution is 0.430. The van der Waals surface area contributed by atoms with Gasteiger partial charge < -0.3 is 10.2 Å². The molecule has 0 bridgehead atoms. The van der Waals surface area contributed by atoms with E-state index in [-0.39, 0.29) is 0 Å². The summed E-state index contributed by atoms with van der Waals surface area (Å²) in [6, 6.07) is 5.24. The normalized spacial score (nSPS) is 22.6. The van der Waals surface area contributed by atoms with Crippen molar-refractivity contribution in [3.63, 3.8) is 0 Å². The number of piperidine rings is 1. The zero-order valence-corrected chi connectivity index (χ0v) is 12.0. The Morgan fingerprint density at radius 2 is 2.21 bits per heavy atom. The molecule has 104 valence electrons. The number of hydrogen-bond acceptors (Lipinski definition) is 3. The number of aryl methyl sites for hydroxylation is 2. The lowest BCUT2D eigenvalue weighted by Gasteiger charge is -2.37. The largest absolute Gasteiger partial charge is 0.354 e. The van der Waals surface area contributed by atoms with E-state index in [1.54, 1.807) is 0 Å². The molecule has 0 amide bonds. The predicted octanol–water partition coefficient (Wildman–Crippen LogP) is 2.54. The lowest BCUT2D eigenvalue weighted by atomic mass is 9.99. The van der Waals surface area contributed by atoms with Crippen LogP contribution in [0.15, 0.2) is 12.1 Å². The topological polar surface area (TPSA) is 28.2 Å². The van der Waals surface area contributed by atoms with Gasteiger partial charge in [-0.15, -0.1) is 0 Å². The number of nitrogens with zero attached hydrogens (tertiary/aromatic N) is 2. The van der Waals surface area contributed by atoms with Crippen LogP contribution in [0.25, 0.3) is 0 Å². The number of pyridine rings is 1. The van der Waals surface area contributed by atoms with E-state index in [1.807, 2.05) is 7.05 Å². The maximum absolute atomic E-state index is 4.94. The third kappa shape index (κ3) is 2.76. The van der Waals surface area contributed by atoms with Crippen LogP contribution in [0.5, 0.6) is 0 Å². The first-order valence-corrected chi connectivity index (χ1v) is 7.78. The maximum Gasteiger partial charge on any atom is 0.129 e. The van der Waals surface area contributed by atoms with Gasteiger partial charge in [0.1, 0.15) is 5.82 Å². The Morgan fingerprint density at radius 1 is 1.26 bits per heavy atom. The predicted molar refractivity (Wildman–Crippen MR) is 79.8 cm³/mol. The fourth-order valence-electron chi connectivity index (χ4n) is 3.48. The summed E-state index contributed by atoms with van der Waals surface area (Å²) >= 11 is 0. The number of aromatic nitrogens is 1. The molecule has 0 radical (unpaired) electrons. The van der Waals surface area contributed by atoms with E-state index in [2.05, 4.69) is 22.3 Å². The standard InChI is InChI=1S/C16H25N3/c1-17-11-10-14-6-2-3-12-19(14)16-9-8-13-5-4-7-15(13)18-16/h8-9,14,17H,2-7,10-12H2,1H3. The second kappa shape index (κ2) is 5.91. The van der Waals surface area contributed by atoms with Gasteiger partial charge in [0.25, 0.3) is 0 Å². The molecule has 1 aliphatic heterocycles. The zero-order valence-electron chi connectivity index (χ0n) is 12.0. The minimum Gasteiger partial charge on any atom is -0.354 e. The quantitative estimate of drug-likeness (QED) is 0.900. The molecule has 0 spiro atoms. The molecule has 1 fully saturated rings. The van der Waals surface area contributed by atoms with Gasteiger partial charge in [-0.3, -0.25) is 0 Å². The summed E-state index contributed by atoms with van der Waals surface area (Å²) in [5.74, 6) is 1.22. The number of rotatable bonds is 4. The molecule has 3 nitrogen and oxygen atoms in total. The highest BCUT2D eigenvalue weighted by Gasteiger charge is 2.24. The van der Waals surface area contributed by atoms with E-state index in [0.29, 0.717) is 6.04 Å². The number of hydrogen-bond donors (Lipinski definition) is 1. The van der Waals surface area contributed by atoms with Gasteiger partial charge in [-0.1, -0.05) is 6.07 Å². The molecule has 3 heteroatoms. The smallest absolute Gasteiger partial charge is 0.129 e. The molecular weight excluding hydrogens is 234 g/mol. The number of fused-ring (bicyclic) bond motifs is 1. The van der Waals surface area contributed by atoms with Crippen LogP contribution in [0.3, 0.4) is 0 Å². The lowest BCUT2D eigenvalue weighted by Crippen LogP contribution is -2.41. The van der Waals surface area contributed by atoms with Crippen LogP contribution in [0.1, 0.15) is 43.4 Å². The Bertz CT molecular complexity index is 430. The van der Waals surface area contributed by atoms with Crippen molar-refractivity contribution in [3.8, 4) is 0 Å². The molecule has 1 atom stereocenters. The van der Waals surface area contributed by atoms with Gasteiger partial charge in [0.05, 0.1) is 0 Å². The summed E-state index contributed by atoms with van der Waals surface area (Å²) < 4.78 is 0. The van der Waals surface area contributed by atoms with Gasteiger partial charge in [-0.25, -0.2) is 4.98 Å². The molecular formula is C16H25N3. The number of anilines is 1. The van der Waals surface area contributed by atoms with Gasteiger partial charge in [0.2, 0.25) is 0 Å². The third-order valence-electron chi connectivity index (χ3n) is 4.56. The van der Waals surface area contributed by atoms with E-state index in [1.165, 1.54) is 68.6 Å². The molecule has 0 aromatic carbocycles. The molecule has 1 N–H and O–H groups in total. The third-order valence-corrected chi connectivity index (χ3v) is 4.56. The van der Waals surface area contributed by atoms with Crippen LogP contribution < -0.4 is 10.2 Å². The summed E-state index contributed by atoms with van der Waals surface area (Å²) in [6.07, 6.45) is 8.93. The first-order chi connectivity index (χ1) is 9.38. The van der Waals surface area contributed by atoms with Crippen molar-refractivity contribution in [2.24, 2.45) is 0 Å². The minimum absolute atomic E-state index is 0.674. The van der Waals surface area contributed by atoms with Crippen LogP contribution in [0, 0.1) is 0 Å². The maximum atomic E-state index is 4.94. The van der Waals surface area contributed by atoms with Gasteiger partial charge in [0, 0.05) is 18.3 Å². The highest BCUT2D eigenvalue weighted by Crippen LogP contribution is 2.28. The summed E-state index contributed by atoms with van der Waals surface area (Å²) in [5, 5.41) is 3.28. The molecule has 0 saturated carbocycles. The molecule has 1 aromatic heterocycles. The summed E-state index contributed by atoms with van der Waals surface area (Å²) in [7, 11) is 2.04. The molecule has 1 aliphatic carbocycles. The monoisotopic (exact) mass is 259 g/mol. The Morgan fingerprint density at radius 3 is 3.11 bits per heavy atom. The second-order valence-corrected chi connectivity index (χ2v) is 5.86. The highest BCUT2D eigenvalue weighted by molar-refractivity contribution is 5.44. The minimum atomic E-state index is 0.674. The van der Waals surface area contributed by atoms with Crippen molar-refractivity contribution >= 4 is 5.82 Å². The van der Waals surface area contributed by atoms with E-state index in [4.69, 9.17) is 4.98 Å². The first kappa shape index (κ1) is 12.9. The molecule has 3 rings (SSSR count). The van der Waals surface area contributed by atoms with E-state index < -0.39 is 0 Å². The van der Waals surface area contributed by atoms with Crippen molar-refractivity contribution in [2.45, 2.75) is 51.0 Å². The van der Waals surface area contributed by atoms with Crippen molar-refractivity contribution in [1.29, 1.82) is 0 Å². The van der Waals surface area contributed by atoms with Crippen molar-refractivity contribution in [1.82, 2.24) is 10.3 Å². The van der Waals surface area contributed by atoms with Crippen LogP contribution >= 0.6 is 0 Å². The van der Waals surface area contributed by atoms with E-state index in [9.17, 15) is 0 Å². The van der Waals surface area contributed by atoms with Crippen LogP contribution in [-0.4, -0.2) is 31.2 Å². The molecule has 19 heavy (non-hydrogen) atoms. The van der Waals surface area contributed by atoms with Crippen molar-refractivity contribution < 1.29 is 0 Å². The molecule has 2 aliphatic rings. The van der Waals surface area contributed by atoms with Crippen molar-refractivity contribution in [3.05, 3.63) is 23.4 Å². The fraction of sp³-hybridized carbons (Fsp3) is 0.688. The van der Waals surface area contributed by atoms with Crippen LogP contribution in [0.2, 0.25) is 0 Å². The van der Waals surface area contributed by atoms with Crippen LogP contribution in [0.4, 0.5) is 5.82 Å². The molecule has 2 heterocycles. The SMILES string of the molecule is CNCCC1CCCCN1c1ccc2c(n1)CCC2. The van der Waals surface area contributed by atoms with E-state index in [0.717, 1.165) is 6.54 Å². The Balaban J connectivity index is 1.78. The van der Waals surface area contributed by atoms with Gasteiger partial charge >= 0.3 is 0 Å². The molecule has 1 unspecified atom stereocenters. The second-order valence-electron chi connectivity index (χ2n) is 5.86. The fourth-order valence-corrected chi connectivity index (χ4v) is 3.48. The average Bonchev–Trinajstić information content (AvgIpc) is 2.92. The summed E-state index contributed by atoms with van der Waals surface area (Å²) in [4.78, 5) is 7.50. The van der Waals surface area contributed by atoms with E-state index >= 15 is 0 Å². The zero-order chi connectivity index (χ0) is 13.1. The number of nitrogens with one attached hydrogen (secondary N) is 1. The van der Waals surface area contributed by atoms with Gasteiger partial charge in [0.15, 0.2) is 0 Å². The van der Waals surface area contributed by atoms with Gasteiger partial charge in [-0.05, 0) is 70.2 Å². The van der Waals surface area contributed by atoms with Gasteiger partial charge in [-0.2, -0.15) is 0 Å². The molecule has 1 saturated heterocycles. The van der Waals surface area contributed by atoms with Crippen molar-refractivity contribution in [2.75, 3.05) is 25.0 Å². The Kier molecular flexibility index (Phi) is 4.02. The average molecular weight is 259 g/mol. The first-order valence-electron chi connectivity index (χ1n) is 7.78. The Hall–Kier alpha value is -1.09. The molecule has 1 aromatic rings. The summed E-state index contributed by atoms with van der Waals surface area (Å²) in [6.45, 7) is 2.28. The van der Waals surface area contributed by atoms with Crippen LogP contribution in [-0.2, 0) is 12.8 Å². The highest BCUT2D eigenvalue weighted by atomic mass is 15.2.